The smallest absolute Gasteiger partial charge is 0.325 e. The zero-order chi connectivity index (χ0) is 16.8. The van der Waals surface area contributed by atoms with Gasteiger partial charge in [0.05, 0.1) is 12.6 Å². The number of carbonyl (C=O) groups excluding carboxylic acids is 2. The van der Waals surface area contributed by atoms with Gasteiger partial charge in [-0.05, 0) is 25.0 Å². The summed E-state index contributed by atoms with van der Waals surface area (Å²) in [5, 5.41) is 7.85. The van der Waals surface area contributed by atoms with Crippen molar-refractivity contribution >= 4 is 17.6 Å². The molecule has 0 aliphatic carbocycles. The van der Waals surface area contributed by atoms with Gasteiger partial charge in [-0.25, -0.2) is 4.79 Å². The van der Waals surface area contributed by atoms with E-state index in [-0.39, 0.29) is 12.6 Å². The van der Waals surface area contributed by atoms with Gasteiger partial charge in [0.15, 0.2) is 11.5 Å². The number of urea groups is 1. The van der Waals surface area contributed by atoms with Crippen molar-refractivity contribution in [3.63, 3.8) is 0 Å². The molecule has 130 valence electrons. The fourth-order valence-corrected chi connectivity index (χ4v) is 2.61. The molecule has 0 radical (unpaired) electrons. The van der Waals surface area contributed by atoms with Crippen LogP contribution in [0.15, 0.2) is 18.2 Å². The molecular formula is C16H21N3O5. The van der Waals surface area contributed by atoms with Crippen molar-refractivity contribution in [3.8, 4) is 11.5 Å². The number of benzene rings is 1. The van der Waals surface area contributed by atoms with E-state index in [0.717, 1.165) is 19.4 Å². The summed E-state index contributed by atoms with van der Waals surface area (Å²) in [6.07, 6.45) is 2.21. The Morgan fingerprint density at radius 2 is 1.96 bits per heavy atom. The van der Waals surface area contributed by atoms with Gasteiger partial charge in [-0.15, -0.1) is 0 Å². The van der Waals surface area contributed by atoms with Crippen molar-refractivity contribution in [2.75, 3.05) is 38.2 Å². The van der Waals surface area contributed by atoms with Gasteiger partial charge < -0.3 is 24.8 Å². The number of anilines is 1. The fourth-order valence-electron chi connectivity index (χ4n) is 2.61. The zero-order valence-electron chi connectivity index (χ0n) is 13.3. The van der Waals surface area contributed by atoms with E-state index in [1.807, 2.05) is 0 Å². The largest absolute Gasteiger partial charge is 0.486 e. The Balaban J connectivity index is 1.40. The molecule has 0 saturated carbocycles. The second-order valence-corrected chi connectivity index (χ2v) is 5.63. The molecule has 3 N–H and O–H groups in total. The molecule has 0 aromatic heterocycles. The third kappa shape index (κ3) is 4.59. The molecule has 2 aliphatic heterocycles. The van der Waals surface area contributed by atoms with Gasteiger partial charge in [-0.3, -0.25) is 10.1 Å². The van der Waals surface area contributed by atoms with Crippen LogP contribution in [-0.2, 0) is 9.53 Å². The van der Waals surface area contributed by atoms with Gasteiger partial charge in [0.1, 0.15) is 13.2 Å². The molecule has 8 nitrogen and oxygen atoms in total. The van der Waals surface area contributed by atoms with E-state index in [0.29, 0.717) is 36.9 Å². The Hall–Kier alpha value is -2.32. The van der Waals surface area contributed by atoms with Crippen LogP contribution in [0.1, 0.15) is 12.8 Å². The normalized spacial score (nSPS) is 18.9. The van der Waals surface area contributed by atoms with Crippen LogP contribution in [0.2, 0.25) is 0 Å². The van der Waals surface area contributed by atoms with Crippen LogP contribution in [0, 0.1) is 0 Å². The van der Waals surface area contributed by atoms with Crippen LogP contribution in [0.25, 0.3) is 0 Å². The third-order valence-corrected chi connectivity index (χ3v) is 3.73. The average molecular weight is 335 g/mol. The highest BCUT2D eigenvalue weighted by Gasteiger charge is 2.16. The second kappa shape index (κ2) is 7.98. The van der Waals surface area contributed by atoms with Crippen molar-refractivity contribution in [1.29, 1.82) is 0 Å². The number of hydrogen-bond acceptors (Lipinski definition) is 6. The SMILES string of the molecule is O=C(CNCC1CCCO1)NC(=O)Nc1ccc2c(c1)OCCO2. The van der Waals surface area contributed by atoms with Crippen molar-refractivity contribution < 1.29 is 23.8 Å². The Morgan fingerprint density at radius 1 is 1.12 bits per heavy atom. The van der Waals surface area contributed by atoms with E-state index in [4.69, 9.17) is 14.2 Å². The van der Waals surface area contributed by atoms with Crippen LogP contribution < -0.4 is 25.4 Å². The highest BCUT2D eigenvalue weighted by Crippen LogP contribution is 2.32. The van der Waals surface area contributed by atoms with Crippen molar-refractivity contribution in [2.45, 2.75) is 18.9 Å². The zero-order valence-corrected chi connectivity index (χ0v) is 13.3. The van der Waals surface area contributed by atoms with Gasteiger partial charge in [0.25, 0.3) is 0 Å². The van der Waals surface area contributed by atoms with E-state index in [1.54, 1.807) is 18.2 Å². The van der Waals surface area contributed by atoms with Crippen LogP contribution in [0.3, 0.4) is 0 Å². The van der Waals surface area contributed by atoms with E-state index in [1.165, 1.54) is 0 Å². The molecule has 0 spiro atoms. The molecule has 1 fully saturated rings. The fraction of sp³-hybridized carbons (Fsp3) is 0.500. The van der Waals surface area contributed by atoms with E-state index >= 15 is 0 Å². The van der Waals surface area contributed by atoms with Crippen molar-refractivity contribution in [3.05, 3.63) is 18.2 Å². The number of nitrogens with one attached hydrogen (secondary N) is 3. The van der Waals surface area contributed by atoms with Crippen LogP contribution in [0.5, 0.6) is 11.5 Å². The minimum atomic E-state index is -0.587. The standard InChI is InChI=1S/C16H21N3O5/c20-15(10-17-9-12-2-1-5-22-12)19-16(21)18-11-3-4-13-14(8-11)24-7-6-23-13/h3-4,8,12,17H,1-2,5-7,9-10H2,(H2,18,19,20,21). The third-order valence-electron chi connectivity index (χ3n) is 3.73. The van der Waals surface area contributed by atoms with Gasteiger partial charge >= 0.3 is 6.03 Å². The van der Waals surface area contributed by atoms with Crippen LogP contribution in [-0.4, -0.2) is 51.0 Å². The Labute approximate surface area is 139 Å². The number of carbonyl (C=O) groups is 2. The number of fused-ring (bicyclic) bond motifs is 1. The Morgan fingerprint density at radius 3 is 2.75 bits per heavy atom. The minimum absolute atomic E-state index is 0.0639. The maximum absolute atomic E-state index is 11.8. The summed E-state index contributed by atoms with van der Waals surface area (Å²) in [4.78, 5) is 23.6. The molecule has 24 heavy (non-hydrogen) atoms. The van der Waals surface area contributed by atoms with Crippen molar-refractivity contribution in [2.24, 2.45) is 0 Å². The summed E-state index contributed by atoms with van der Waals surface area (Å²) in [5.41, 5.74) is 0.525. The van der Waals surface area contributed by atoms with E-state index < -0.39 is 11.9 Å². The number of imide groups is 1. The first-order valence-electron chi connectivity index (χ1n) is 8.03. The lowest BCUT2D eigenvalue weighted by molar-refractivity contribution is -0.119. The van der Waals surface area contributed by atoms with Crippen molar-refractivity contribution in [1.82, 2.24) is 10.6 Å². The van der Waals surface area contributed by atoms with E-state index in [9.17, 15) is 9.59 Å². The molecule has 2 aliphatic rings. The van der Waals surface area contributed by atoms with Gasteiger partial charge in [0, 0.05) is 24.9 Å². The number of ether oxygens (including phenoxy) is 3. The van der Waals surface area contributed by atoms with Crippen LogP contribution in [0.4, 0.5) is 10.5 Å². The van der Waals surface area contributed by atoms with Crippen LogP contribution >= 0.6 is 0 Å². The topological polar surface area (TPSA) is 97.9 Å². The summed E-state index contributed by atoms with van der Waals surface area (Å²) < 4.78 is 16.3. The first-order chi connectivity index (χ1) is 11.7. The lowest BCUT2D eigenvalue weighted by Gasteiger charge is -2.19. The summed E-state index contributed by atoms with van der Waals surface area (Å²) in [6, 6.07) is 4.48. The Kier molecular flexibility index (Phi) is 5.50. The molecule has 1 aromatic rings. The highest BCUT2D eigenvalue weighted by molar-refractivity contribution is 6.01. The lowest BCUT2D eigenvalue weighted by Crippen LogP contribution is -2.41. The molecule has 1 saturated heterocycles. The molecule has 1 aromatic carbocycles. The number of rotatable bonds is 5. The lowest BCUT2D eigenvalue weighted by atomic mass is 10.2. The summed E-state index contributed by atoms with van der Waals surface area (Å²) in [5.74, 6) is 0.813. The minimum Gasteiger partial charge on any atom is -0.486 e. The average Bonchev–Trinajstić information content (AvgIpc) is 3.08. The molecular weight excluding hydrogens is 314 g/mol. The van der Waals surface area contributed by atoms with E-state index in [2.05, 4.69) is 16.0 Å². The second-order valence-electron chi connectivity index (χ2n) is 5.63. The molecule has 1 atom stereocenters. The predicted octanol–water partition coefficient (Wildman–Crippen LogP) is 0.874. The number of hydrogen-bond donors (Lipinski definition) is 3. The molecule has 8 heteroatoms. The molecule has 0 bridgehead atoms. The first-order valence-corrected chi connectivity index (χ1v) is 8.03. The Bertz CT molecular complexity index is 601. The summed E-state index contributed by atoms with van der Waals surface area (Å²) >= 11 is 0. The molecule has 2 heterocycles. The first kappa shape index (κ1) is 16.5. The monoisotopic (exact) mass is 335 g/mol. The van der Waals surface area contributed by atoms with Gasteiger partial charge in [-0.1, -0.05) is 0 Å². The predicted molar refractivity (Wildman–Crippen MR) is 86.4 cm³/mol. The number of amides is 3. The molecule has 1 unspecified atom stereocenters. The summed E-state index contributed by atoms with van der Waals surface area (Å²) in [7, 11) is 0. The maximum atomic E-state index is 11.8. The summed E-state index contributed by atoms with van der Waals surface area (Å²) in [6.45, 7) is 2.42. The molecule has 3 rings (SSSR count). The van der Waals surface area contributed by atoms with Gasteiger partial charge in [-0.2, -0.15) is 0 Å². The highest BCUT2D eigenvalue weighted by atomic mass is 16.6. The molecule has 3 amide bonds. The quantitative estimate of drug-likeness (QED) is 0.739. The maximum Gasteiger partial charge on any atom is 0.325 e. The van der Waals surface area contributed by atoms with Gasteiger partial charge in [0.2, 0.25) is 5.91 Å².